The van der Waals surface area contributed by atoms with E-state index in [-0.39, 0.29) is 0 Å². The second-order valence-electron chi connectivity index (χ2n) is 8.80. The predicted octanol–water partition coefficient (Wildman–Crippen LogP) is 5.91. The fourth-order valence-corrected chi connectivity index (χ4v) is 4.80. The maximum atomic E-state index is 10.9. The lowest BCUT2D eigenvalue weighted by Gasteiger charge is -2.28. The highest BCUT2D eigenvalue weighted by atomic mass is 16.4. The van der Waals surface area contributed by atoms with Gasteiger partial charge in [-0.05, 0) is 72.9 Å². The number of nitriles is 1. The van der Waals surface area contributed by atoms with Gasteiger partial charge in [0, 0.05) is 18.2 Å². The molecule has 2 N–H and O–H groups in total. The summed E-state index contributed by atoms with van der Waals surface area (Å²) in [7, 11) is 0. The number of hydrogen-bond acceptors (Lipinski definition) is 4. The van der Waals surface area contributed by atoms with Crippen LogP contribution in [0.3, 0.4) is 0 Å². The number of nitrogens with zero attached hydrogens (tertiary/aromatic N) is 3. The van der Waals surface area contributed by atoms with E-state index in [1.807, 2.05) is 24.4 Å². The Bertz CT molecular complexity index is 1330. The fourth-order valence-electron chi connectivity index (χ4n) is 4.80. The Kier molecular flexibility index (Phi) is 5.62. The number of nitrogens with one attached hydrogen (secondary N) is 1. The Morgan fingerprint density at radius 1 is 1.03 bits per heavy atom. The Hall–Kier alpha value is -3.98. The van der Waals surface area contributed by atoms with Gasteiger partial charge < -0.3 is 10.1 Å². The van der Waals surface area contributed by atoms with Crippen LogP contribution in [0, 0.1) is 17.2 Å². The highest BCUT2D eigenvalue weighted by Crippen LogP contribution is 2.37. The van der Waals surface area contributed by atoms with Crippen molar-refractivity contribution >= 4 is 17.0 Å². The number of aliphatic carboxylic acids is 1. The third kappa shape index (κ3) is 4.49. The topological polar surface area (TPSA) is 103 Å². The Balaban J connectivity index is 1.28. The van der Waals surface area contributed by atoms with Gasteiger partial charge in [-0.3, -0.25) is 9.78 Å². The SMILES string of the molecule is N#Cc1ccc2nc(-c3ccc(-c4ccc(C5CCC(CC(=O)O)CC5)cc4)cn3)[nH]c2c1. The second kappa shape index (κ2) is 8.87. The van der Waals surface area contributed by atoms with Gasteiger partial charge in [-0.25, -0.2) is 4.98 Å². The summed E-state index contributed by atoms with van der Waals surface area (Å²) < 4.78 is 0. The molecule has 0 atom stereocenters. The van der Waals surface area contributed by atoms with E-state index in [2.05, 4.69) is 45.3 Å². The lowest BCUT2D eigenvalue weighted by molar-refractivity contribution is -0.138. The van der Waals surface area contributed by atoms with Crippen LogP contribution in [0.1, 0.15) is 49.1 Å². The van der Waals surface area contributed by atoms with Gasteiger partial charge in [-0.1, -0.05) is 30.3 Å². The molecule has 0 saturated heterocycles. The Labute approximate surface area is 192 Å². The summed E-state index contributed by atoms with van der Waals surface area (Å²) in [5.41, 5.74) is 6.46. The molecule has 0 amide bonds. The minimum atomic E-state index is -0.684. The monoisotopic (exact) mass is 436 g/mol. The minimum Gasteiger partial charge on any atom is -0.481 e. The molecule has 1 aliphatic carbocycles. The van der Waals surface area contributed by atoms with E-state index >= 15 is 0 Å². The molecule has 1 saturated carbocycles. The van der Waals surface area contributed by atoms with Crippen molar-refractivity contribution in [1.29, 1.82) is 5.26 Å². The van der Waals surface area contributed by atoms with Gasteiger partial charge in [-0.2, -0.15) is 5.26 Å². The van der Waals surface area contributed by atoms with Crippen molar-refractivity contribution in [1.82, 2.24) is 15.0 Å². The van der Waals surface area contributed by atoms with Gasteiger partial charge in [0.05, 0.1) is 22.7 Å². The highest BCUT2D eigenvalue weighted by Gasteiger charge is 2.24. The van der Waals surface area contributed by atoms with E-state index in [1.165, 1.54) is 5.56 Å². The van der Waals surface area contributed by atoms with Crippen molar-refractivity contribution in [2.75, 3.05) is 0 Å². The van der Waals surface area contributed by atoms with Crippen molar-refractivity contribution in [2.45, 2.75) is 38.0 Å². The molecule has 4 aromatic rings. The average Bonchev–Trinajstić information content (AvgIpc) is 3.28. The molecule has 6 nitrogen and oxygen atoms in total. The number of H-pyrrole nitrogens is 1. The van der Waals surface area contributed by atoms with Crippen LogP contribution >= 0.6 is 0 Å². The summed E-state index contributed by atoms with van der Waals surface area (Å²) >= 11 is 0. The zero-order valence-electron chi connectivity index (χ0n) is 18.2. The molecule has 2 heterocycles. The molecule has 33 heavy (non-hydrogen) atoms. The van der Waals surface area contributed by atoms with Crippen molar-refractivity contribution in [3.8, 4) is 28.7 Å². The number of hydrogen-bond donors (Lipinski definition) is 2. The molecular weight excluding hydrogens is 412 g/mol. The van der Waals surface area contributed by atoms with E-state index in [4.69, 9.17) is 10.4 Å². The average molecular weight is 437 g/mol. The third-order valence-electron chi connectivity index (χ3n) is 6.64. The number of imidazole rings is 1. The molecular formula is C27H24N4O2. The van der Waals surface area contributed by atoms with Crippen LogP contribution in [0.15, 0.2) is 60.8 Å². The fraction of sp³-hybridized carbons (Fsp3) is 0.259. The van der Waals surface area contributed by atoms with Gasteiger partial charge in [0.2, 0.25) is 0 Å². The number of carbonyl (C=O) groups is 1. The molecule has 1 fully saturated rings. The van der Waals surface area contributed by atoms with Crippen LogP contribution in [-0.4, -0.2) is 26.0 Å². The summed E-state index contributed by atoms with van der Waals surface area (Å²) in [6, 6.07) is 20.2. The van der Waals surface area contributed by atoms with Crippen molar-refractivity contribution in [3.63, 3.8) is 0 Å². The number of rotatable bonds is 5. The second-order valence-corrected chi connectivity index (χ2v) is 8.80. The largest absolute Gasteiger partial charge is 0.481 e. The van der Waals surface area contributed by atoms with Gasteiger partial charge in [-0.15, -0.1) is 0 Å². The molecule has 0 spiro atoms. The molecule has 0 radical (unpaired) electrons. The molecule has 2 aromatic carbocycles. The summed E-state index contributed by atoms with van der Waals surface area (Å²) in [4.78, 5) is 23.4. The number of carboxylic acid groups (broad SMARTS) is 1. The van der Waals surface area contributed by atoms with Gasteiger partial charge in [0.1, 0.15) is 5.69 Å². The first kappa shape index (κ1) is 20.9. The van der Waals surface area contributed by atoms with E-state index in [1.54, 1.807) is 12.1 Å². The lowest BCUT2D eigenvalue weighted by Crippen LogP contribution is -2.16. The molecule has 0 bridgehead atoms. The summed E-state index contributed by atoms with van der Waals surface area (Å²) in [5, 5.41) is 18.1. The first-order valence-corrected chi connectivity index (χ1v) is 11.3. The van der Waals surface area contributed by atoms with Crippen LogP contribution in [-0.2, 0) is 4.79 Å². The lowest BCUT2D eigenvalue weighted by atomic mass is 9.77. The van der Waals surface area contributed by atoms with Gasteiger partial charge in [0.15, 0.2) is 5.82 Å². The predicted molar refractivity (Wildman–Crippen MR) is 126 cm³/mol. The Morgan fingerprint density at radius 2 is 1.79 bits per heavy atom. The third-order valence-corrected chi connectivity index (χ3v) is 6.64. The van der Waals surface area contributed by atoms with Crippen LogP contribution in [0.5, 0.6) is 0 Å². The van der Waals surface area contributed by atoms with Crippen LogP contribution in [0.25, 0.3) is 33.7 Å². The molecule has 1 aliphatic rings. The molecule has 0 unspecified atom stereocenters. The first-order chi connectivity index (χ1) is 16.1. The van der Waals surface area contributed by atoms with E-state index in [0.717, 1.165) is 53.5 Å². The molecule has 164 valence electrons. The zero-order chi connectivity index (χ0) is 22.8. The number of aromatic nitrogens is 3. The van der Waals surface area contributed by atoms with Crippen molar-refractivity contribution < 1.29 is 9.90 Å². The number of benzene rings is 2. The molecule has 0 aliphatic heterocycles. The summed E-state index contributed by atoms with van der Waals surface area (Å²) in [6.07, 6.45) is 6.24. The molecule has 6 heteroatoms. The quantitative estimate of drug-likeness (QED) is 0.405. The van der Waals surface area contributed by atoms with Gasteiger partial charge in [0.25, 0.3) is 0 Å². The number of aromatic amines is 1. The van der Waals surface area contributed by atoms with Crippen LogP contribution in [0.2, 0.25) is 0 Å². The van der Waals surface area contributed by atoms with Crippen LogP contribution in [0.4, 0.5) is 0 Å². The van der Waals surface area contributed by atoms with E-state index < -0.39 is 5.97 Å². The number of fused-ring (bicyclic) bond motifs is 1. The maximum Gasteiger partial charge on any atom is 0.303 e. The maximum absolute atomic E-state index is 10.9. The minimum absolute atomic E-state index is 0.295. The summed E-state index contributed by atoms with van der Waals surface area (Å²) in [5.74, 6) is 0.832. The van der Waals surface area contributed by atoms with Gasteiger partial charge >= 0.3 is 5.97 Å². The highest BCUT2D eigenvalue weighted by molar-refractivity contribution is 5.80. The molecule has 5 rings (SSSR count). The van der Waals surface area contributed by atoms with E-state index in [9.17, 15) is 4.79 Å². The standard InChI is InChI=1S/C27H24N4O2/c28-15-18-3-11-23-25(13-18)31-27(30-23)24-12-10-22(16-29-24)21-8-6-20(7-9-21)19-4-1-17(2-5-19)14-26(32)33/h3,6-13,16-17,19H,1-2,4-5,14H2,(H,30,31)(H,32,33). The molecule has 2 aromatic heterocycles. The smallest absolute Gasteiger partial charge is 0.303 e. The van der Waals surface area contributed by atoms with Crippen molar-refractivity contribution in [3.05, 3.63) is 71.9 Å². The number of pyridine rings is 1. The Morgan fingerprint density at radius 3 is 2.45 bits per heavy atom. The van der Waals surface area contributed by atoms with E-state index in [0.29, 0.717) is 29.6 Å². The zero-order valence-corrected chi connectivity index (χ0v) is 18.2. The summed E-state index contributed by atoms with van der Waals surface area (Å²) in [6.45, 7) is 0. The first-order valence-electron chi connectivity index (χ1n) is 11.3. The van der Waals surface area contributed by atoms with Crippen molar-refractivity contribution in [2.24, 2.45) is 5.92 Å². The normalized spacial score (nSPS) is 18.2. The number of carboxylic acids is 1. The van der Waals surface area contributed by atoms with Crippen LogP contribution < -0.4 is 0 Å².